The largest absolute Gasteiger partial charge is 0.382 e. The summed E-state index contributed by atoms with van der Waals surface area (Å²) in [7, 11) is 0. The fourth-order valence-corrected chi connectivity index (χ4v) is 2.27. The lowest BCUT2D eigenvalue weighted by Gasteiger charge is -2.14. The number of hydrogen-bond acceptors (Lipinski definition) is 3. The lowest BCUT2D eigenvalue weighted by Crippen LogP contribution is -2.17. The number of rotatable bonds is 7. The van der Waals surface area contributed by atoms with Gasteiger partial charge in [-0.05, 0) is 42.6 Å². The number of nitrogens with two attached hydrogens (primary N) is 1. The van der Waals surface area contributed by atoms with E-state index < -0.39 is 0 Å². The summed E-state index contributed by atoms with van der Waals surface area (Å²) in [6.07, 6.45) is 3.71. The maximum Gasteiger partial charge on any atom is 0.0693 e. The summed E-state index contributed by atoms with van der Waals surface area (Å²) < 4.78 is 8.24. The van der Waals surface area contributed by atoms with Crippen molar-refractivity contribution in [2.24, 2.45) is 5.73 Å². The van der Waals surface area contributed by atoms with Crippen molar-refractivity contribution in [1.82, 2.24) is 9.78 Å². The van der Waals surface area contributed by atoms with Crippen molar-refractivity contribution in [3.8, 4) is 0 Å². The number of aromatic nitrogens is 2. The van der Waals surface area contributed by atoms with E-state index >= 15 is 0 Å². The molecule has 0 amide bonds. The molecule has 0 saturated carbocycles. The first-order chi connectivity index (χ1) is 7.70. The predicted molar refractivity (Wildman–Crippen MR) is 68.3 cm³/mol. The Morgan fingerprint density at radius 2 is 2.31 bits per heavy atom. The van der Waals surface area contributed by atoms with Gasteiger partial charge in [-0.3, -0.25) is 4.68 Å². The summed E-state index contributed by atoms with van der Waals surface area (Å²) in [5, 5.41) is 4.26. The molecule has 92 valence electrons. The van der Waals surface area contributed by atoms with E-state index in [4.69, 9.17) is 10.5 Å². The molecule has 1 rings (SSSR count). The standard InChI is InChI=1S/C11H20BrN3O/c1-3-15-11(9(12)8-14-15)10(13)6-5-7-16-4-2/h8,10H,3-7,13H2,1-2H3. The van der Waals surface area contributed by atoms with E-state index in [2.05, 4.69) is 28.0 Å². The monoisotopic (exact) mass is 289 g/mol. The van der Waals surface area contributed by atoms with Gasteiger partial charge >= 0.3 is 0 Å². The molecule has 0 radical (unpaired) electrons. The van der Waals surface area contributed by atoms with Crippen LogP contribution in [0.15, 0.2) is 10.7 Å². The molecule has 0 saturated heterocycles. The maximum atomic E-state index is 6.15. The van der Waals surface area contributed by atoms with Crippen LogP contribution in [0.3, 0.4) is 0 Å². The number of aryl methyl sites for hydroxylation is 1. The van der Waals surface area contributed by atoms with E-state index in [1.165, 1.54) is 0 Å². The second-order valence-electron chi connectivity index (χ2n) is 3.64. The first-order valence-corrected chi connectivity index (χ1v) is 6.54. The van der Waals surface area contributed by atoms with Crippen molar-refractivity contribution in [2.45, 2.75) is 39.3 Å². The SMILES string of the molecule is CCOCCCC(N)c1c(Br)cnn1CC. The summed E-state index contributed by atoms with van der Waals surface area (Å²) in [4.78, 5) is 0. The molecule has 0 aliphatic carbocycles. The zero-order valence-corrected chi connectivity index (χ0v) is 11.5. The lowest BCUT2D eigenvalue weighted by molar-refractivity contribution is 0.141. The highest BCUT2D eigenvalue weighted by Gasteiger charge is 2.15. The van der Waals surface area contributed by atoms with Crippen LogP contribution in [0.2, 0.25) is 0 Å². The van der Waals surface area contributed by atoms with Gasteiger partial charge in [-0.2, -0.15) is 5.10 Å². The van der Waals surface area contributed by atoms with Gasteiger partial charge in [-0.15, -0.1) is 0 Å². The van der Waals surface area contributed by atoms with Crippen LogP contribution in [-0.2, 0) is 11.3 Å². The minimum Gasteiger partial charge on any atom is -0.382 e. The van der Waals surface area contributed by atoms with E-state index in [0.29, 0.717) is 0 Å². The van der Waals surface area contributed by atoms with Gasteiger partial charge in [0, 0.05) is 25.8 Å². The Bertz CT molecular complexity index is 314. The van der Waals surface area contributed by atoms with Crippen molar-refractivity contribution in [2.75, 3.05) is 13.2 Å². The summed E-state index contributed by atoms with van der Waals surface area (Å²) in [6, 6.07) is 0.0253. The molecule has 16 heavy (non-hydrogen) atoms. The maximum absolute atomic E-state index is 6.15. The number of hydrogen-bond donors (Lipinski definition) is 1. The molecular weight excluding hydrogens is 270 g/mol. The van der Waals surface area contributed by atoms with Crippen molar-refractivity contribution < 1.29 is 4.74 Å². The molecular formula is C11H20BrN3O. The van der Waals surface area contributed by atoms with Crippen LogP contribution < -0.4 is 5.73 Å². The summed E-state index contributed by atoms with van der Waals surface area (Å²) in [5.74, 6) is 0. The van der Waals surface area contributed by atoms with Crippen LogP contribution in [-0.4, -0.2) is 23.0 Å². The molecule has 0 spiro atoms. The Labute approximate surface area is 105 Å². The van der Waals surface area contributed by atoms with E-state index in [1.807, 2.05) is 11.6 Å². The average Bonchev–Trinajstić information content (AvgIpc) is 2.65. The van der Waals surface area contributed by atoms with Crippen molar-refractivity contribution in [1.29, 1.82) is 0 Å². The fraction of sp³-hybridized carbons (Fsp3) is 0.727. The molecule has 4 nitrogen and oxygen atoms in total. The molecule has 1 heterocycles. The summed E-state index contributed by atoms with van der Waals surface area (Å²) in [5.41, 5.74) is 7.23. The molecule has 0 bridgehead atoms. The molecule has 1 atom stereocenters. The second kappa shape index (κ2) is 7.04. The quantitative estimate of drug-likeness (QED) is 0.785. The second-order valence-corrected chi connectivity index (χ2v) is 4.49. The Morgan fingerprint density at radius 1 is 1.56 bits per heavy atom. The molecule has 1 aromatic heterocycles. The minimum atomic E-state index is 0.0253. The number of halogens is 1. The third kappa shape index (κ3) is 3.57. The third-order valence-electron chi connectivity index (χ3n) is 2.49. The van der Waals surface area contributed by atoms with Crippen LogP contribution in [0.25, 0.3) is 0 Å². The van der Waals surface area contributed by atoms with Gasteiger partial charge in [0.05, 0.1) is 16.4 Å². The molecule has 0 fully saturated rings. The van der Waals surface area contributed by atoms with Crippen molar-refractivity contribution >= 4 is 15.9 Å². The van der Waals surface area contributed by atoms with E-state index in [9.17, 15) is 0 Å². The van der Waals surface area contributed by atoms with E-state index in [0.717, 1.165) is 42.8 Å². The van der Waals surface area contributed by atoms with Gasteiger partial charge in [0.1, 0.15) is 0 Å². The van der Waals surface area contributed by atoms with Crippen molar-refractivity contribution in [3.63, 3.8) is 0 Å². The number of ether oxygens (including phenoxy) is 1. The smallest absolute Gasteiger partial charge is 0.0693 e. The van der Waals surface area contributed by atoms with E-state index in [1.54, 1.807) is 6.20 Å². The van der Waals surface area contributed by atoms with Gasteiger partial charge in [0.25, 0.3) is 0 Å². The van der Waals surface area contributed by atoms with Gasteiger partial charge in [0.2, 0.25) is 0 Å². The molecule has 0 aliphatic rings. The Morgan fingerprint density at radius 3 is 2.94 bits per heavy atom. The number of nitrogens with zero attached hydrogens (tertiary/aromatic N) is 2. The molecule has 5 heteroatoms. The van der Waals surface area contributed by atoms with Gasteiger partial charge in [0.15, 0.2) is 0 Å². The highest BCUT2D eigenvalue weighted by molar-refractivity contribution is 9.10. The molecule has 2 N–H and O–H groups in total. The summed E-state index contributed by atoms with van der Waals surface area (Å²) in [6.45, 7) is 6.46. The van der Waals surface area contributed by atoms with Crippen LogP contribution in [0.1, 0.15) is 38.4 Å². The Balaban J connectivity index is 2.51. The first-order valence-electron chi connectivity index (χ1n) is 5.75. The fourth-order valence-electron chi connectivity index (χ4n) is 1.68. The zero-order chi connectivity index (χ0) is 12.0. The summed E-state index contributed by atoms with van der Waals surface area (Å²) >= 11 is 3.49. The Kier molecular flexibility index (Phi) is 6.01. The topological polar surface area (TPSA) is 53.1 Å². The molecule has 0 aromatic carbocycles. The van der Waals surface area contributed by atoms with Crippen LogP contribution in [0.5, 0.6) is 0 Å². The highest BCUT2D eigenvalue weighted by Crippen LogP contribution is 2.24. The lowest BCUT2D eigenvalue weighted by atomic mass is 10.1. The van der Waals surface area contributed by atoms with Crippen LogP contribution in [0.4, 0.5) is 0 Å². The van der Waals surface area contributed by atoms with E-state index in [-0.39, 0.29) is 6.04 Å². The van der Waals surface area contributed by atoms with Gasteiger partial charge in [-0.1, -0.05) is 0 Å². The van der Waals surface area contributed by atoms with Gasteiger partial charge in [-0.25, -0.2) is 0 Å². The molecule has 1 unspecified atom stereocenters. The molecule has 0 aliphatic heterocycles. The minimum absolute atomic E-state index is 0.0253. The third-order valence-corrected chi connectivity index (χ3v) is 3.10. The normalized spacial score (nSPS) is 13.0. The molecule has 1 aromatic rings. The zero-order valence-electron chi connectivity index (χ0n) is 9.95. The van der Waals surface area contributed by atoms with Gasteiger partial charge < -0.3 is 10.5 Å². The first kappa shape index (κ1) is 13.7. The van der Waals surface area contributed by atoms with Crippen molar-refractivity contribution in [3.05, 3.63) is 16.4 Å². The average molecular weight is 290 g/mol. The predicted octanol–water partition coefficient (Wildman–Crippen LogP) is 2.48. The van der Waals surface area contributed by atoms with Crippen LogP contribution in [0, 0.1) is 0 Å². The Hall–Kier alpha value is -0.390. The van der Waals surface area contributed by atoms with Crippen LogP contribution >= 0.6 is 15.9 Å². The highest BCUT2D eigenvalue weighted by atomic mass is 79.9.